The van der Waals surface area contributed by atoms with Crippen molar-refractivity contribution in [2.45, 2.75) is 12.8 Å². The molecule has 0 radical (unpaired) electrons. The number of para-hydroxylation sites is 1. The third kappa shape index (κ3) is 1.41. The molecule has 2 rings (SSSR count). The zero-order valence-corrected chi connectivity index (χ0v) is 6.74. The molecule has 1 nitrogen and oxygen atoms in total. The highest BCUT2D eigenvalue weighted by Crippen LogP contribution is 2.31. The van der Waals surface area contributed by atoms with Gasteiger partial charge in [0.2, 0.25) is 0 Å². The van der Waals surface area contributed by atoms with Crippen molar-refractivity contribution in [1.82, 2.24) is 0 Å². The van der Waals surface area contributed by atoms with Crippen LogP contribution in [0.5, 0.6) is 0 Å². The molecule has 0 aliphatic heterocycles. The van der Waals surface area contributed by atoms with E-state index < -0.39 is 29.8 Å². The normalized spacial score (nSPS) is 16.5. The second kappa shape index (κ2) is 2.55. The molecule has 0 aliphatic rings. The minimum Gasteiger partial charge on any atom is -0.455 e. The van der Waals surface area contributed by atoms with Crippen molar-refractivity contribution in [3.8, 4) is 0 Å². The van der Waals surface area contributed by atoms with E-state index in [-0.39, 0.29) is 17.0 Å². The van der Waals surface area contributed by atoms with E-state index in [9.17, 15) is 8.78 Å². The maximum Gasteiger partial charge on any atom is 0.301 e. The Morgan fingerprint density at radius 2 is 2.23 bits per heavy atom. The van der Waals surface area contributed by atoms with Gasteiger partial charge in [-0.2, -0.15) is 8.78 Å². The van der Waals surface area contributed by atoms with Crippen molar-refractivity contribution in [3.05, 3.63) is 36.0 Å². The molecule has 0 aliphatic carbocycles. The van der Waals surface area contributed by atoms with Crippen LogP contribution < -0.4 is 0 Å². The van der Waals surface area contributed by atoms with Crippen molar-refractivity contribution in [3.63, 3.8) is 0 Å². The first kappa shape index (κ1) is 4.74. The summed E-state index contributed by atoms with van der Waals surface area (Å²) in [5.41, 5.74) is -0.127. The largest absolute Gasteiger partial charge is 0.455 e. The average Bonchev–Trinajstić information content (AvgIpc) is 2.52. The van der Waals surface area contributed by atoms with Gasteiger partial charge < -0.3 is 4.42 Å². The molecule has 1 aromatic heterocycles. The second-order valence-electron chi connectivity index (χ2n) is 2.72. The lowest BCUT2D eigenvalue weighted by Gasteiger charge is -2.03. The molecular weight excluding hydrogens is 174 g/mol. The number of alkyl halides is 2. The summed E-state index contributed by atoms with van der Waals surface area (Å²) in [5.74, 6) is -4.17. The van der Waals surface area contributed by atoms with Gasteiger partial charge in [0.25, 0.3) is 0 Å². The molecule has 68 valence electrons. The molecule has 0 amide bonds. The van der Waals surface area contributed by atoms with E-state index in [1.54, 1.807) is 0 Å². The van der Waals surface area contributed by atoms with Crippen LogP contribution in [0.3, 0.4) is 0 Å². The lowest BCUT2D eigenvalue weighted by Crippen LogP contribution is -2.04. The summed E-state index contributed by atoms with van der Waals surface area (Å²) in [6, 6.07) is -0.647. The van der Waals surface area contributed by atoms with Crippen molar-refractivity contribution < 1.29 is 18.7 Å². The lowest BCUT2D eigenvalue weighted by molar-refractivity contribution is -0.00382. The van der Waals surface area contributed by atoms with Gasteiger partial charge in [-0.25, -0.2) is 0 Å². The minimum absolute atomic E-state index is 0.127. The summed E-state index contributed by atoms with van der Waals surface area (Å²) in [5, 5.41) is -0.150. The standard InChI is InChI=1S/C10H8F2O/c1-10(11,12)9-6-7-4-2-3-5-8(7)13-9/h2-6H,1H3/i2D,3D,4D,6D. The SMILES string of the molecule is [2H]c1cc2oc(C(C)(F)F)c([2H])c2c([2H])c1[2H]. The number of rotatable bonds is 1. The second-order valence-corrected chi connectivity index (χ2v) is 2.72. The van der Waals surface area contributed by atoms with Crippen LogP contribution in [0.15, 0.2) is 34.7 Å². The Labute approximate surface area is 79.6 Å². The van der Waals surface area contributed by atoms with Crippen LogP contribution in [0.4, 0.5) is 8.78 Å². The van der Waals surface area contributed by atoms with Crippen LogP contribution in [0.1, 0.15) is 18.2 Å². The monoisotopic (exact) mass is 186 g/mol. The molecule has 0 spiro atoms. The first-order chi connectivity index (χ1) is 7.73. The lowest BCUT2D eigenvalue weighted by atomic mass is 10.2. The van der Waals surface area contributed by atoms with Gasteiger partial charge in [-0.05, 0) is 12.1 Å². The van der Waals surface area contributed by atoms with Crippen molar-refractivity contribution in [2.24, 2.45) is 0 Å². The number of furan rings is 1. The van der Waals surface area contributed by atoms with E-state index in [2.05, 4.69) is 0 Å². The first-order valence-electron chi connectivity index (χ1n) is 5.61. The Morgan fingerprint density at radius 1 is 1.46 bits per heavy atom. The molecule has 2 aromatic rings. The smallest absolute Gasteiger partial charge is 0.301 e. The average molecular weight is 186 g/mol. The molecule has 13 heavy (non-hydrogen) atoms. The highest BCUT2D eigenvalue weighted by atomic mass is 19.3. The summed E-state index contributed by atoms with van der Waals surface area (Å²) in [6.45, 7) is 0.593. The van der Waals surface area contributed by atoms with Crippen LogP contribution in [0.25, 0.3) is 11.0 Å². The van der Waals surface area contributed by atoms with Gasteiger partial charge in [-0.1, -0.05) is 18.1 Å². The minimum atomic E-state index is -3.33. The van der Waals surface area contributed by atoms with Gasteiger partial charge in [0.1, 0.15) is 5.58 Å². The fourth-order valence-corrected chi connectivity index (χ4v) is 0.956. The van der Waals surface area contributed by atoms with Gasteiger partial charge in [-0.3, -0.25) is 0 Å². The Morgan fingerprint density at radius 3 is 2.92 bits per heavy atom. The molecule has 0 saturated carbocycles. The molecule has 1 aromatic carbocycles. The van der Waals surface area contributed by atoms with Crippen LogP contribution in [0, 0.1) is 0 Å². The molecule has 0 unspecified atom stereocenters. The predicted octanol–water partition coefficient (Wildman–Crippen LogP) is 3.54. The number of halogens is 2. The third-order valence-corrected chi connectivity index (χ3v) is 1.56. The van der Waals surface area contributed by atoms with Crippen LogP contribution in [0.2, 0.25) is 0 Å². The van der Waals surface area contributed by atoms with E-state index in [1.165, 1.54) is 0 Å². The third-order valence-electron chi connectivity index (χ3n) is 1.56. The van der Waals surface area contributed by atoms with Crippen LogP contribution in [-0.2, 0) is 5.92 Å². The molecule has 0 N–H and O–H groups in total. The zero-order chi connectivity index (χ0) is 13.0. The summed E-state index contributed by atoms with van der Waals surface area (Å²) in [7, 11) is 0. The van der Waals surface area contributed by atoms with E-state index in [1.807, 2.05) is 0 Å². The fraction of sp³-hybridized carbons (Fsp3) is 0.200. The number of fused-ring (bicyclic) bond motifs is 1. The number of hydrogen-bond donors (Lipinski definition) is 0. The molecule has 0 bridgehead atoms. The maximum absolute atomic E-state index is 13.1. The zero-order valence-electron chi connectivity index (χ0n) is 10.7. The Bertz CT molecular complexity index is 601. The topological polar surface area (TPSA) is 13.1 Å². The van der Waals surface area contributed by atoms with E-state index in [4.69, 9.17) is 9.90 Å². The van der Waals surface area contributed by atoms with Gasteiger partial charge in [0, 0.05) is 12.3 Å². The predicted molar refractivity (Wildman–Crippen MR) is 45.8 cm³/mol. The fourth-order valence-electron chi connectivity index (χ4n) is 0.956. The quantitative estimate of drug-likeness (QED) is 0.663. The molecule has 0 atom stereocenters. The highest BCUT2D eigenvalue weighted by Gasteiger charge is 2.28. The van der Waals surface area contributed by atoms with Gasteiger partial charge >= 0.3 is 5.92 Å². The van der Waals surface area contributed by atoms with Crippen LogP contribution in [-0.4, -0.2) is 0 Å². The first-order valence-corrected chi connectivity index (χ1v) is 3.61. The molecule has 1 heterocycles. The number of benzene rings is 1. The molecule has 3 heteroatoms. The highest BCUT2D eigenvalue weighted by molar-refractivity contribution is 5.77. The molecule has 0 fully saturated rings. The summed E-state index contributed by atoms with van der Waals surface area (Å²) < 4.78 is 60.9. The summed E-state index contributed by atoms with van der Waals surface area (Å²) in [6.07, 6.45) is 0. The van der Waals surface area contributed by atoms with E-state index in [0.717, 1.165) is 6.07 Å². The summed E-state index contributed by atoms with van der Waals surface area (Å²) in [4.78, 5) is 0. The van der Waals surface area contributed by atoms with E-state index in [0.29, 0.717) is 6.92 Å². The molecular formula is C10H8F2O. The van der Waals surface area contributed by atoms with E-state index >= 15 is 0 Å². The van der Waals surface area contributed by atoms with Gasteiger partial charge in [-0.15, -0.1) is 0 Å². The van der Waals surface area contributed by atoms with Crippen LogP contribution >= 0.6 is 0 Å². The van der Waals surface area contributed by atoms with Gasteiger partial charge in [0.15, 0.2) is 5.76 Å². The van der Waals surface area contributed by atoms with Crippen molar-refractivity contribution >= 4 is 11.0 Å². The van der Waals surface area contributed by atoms with Crippen molar-refractivity contribution in [2.75, 3.05) is 0 Å². The van der Waals surface area contributed by atoms with Crippen molar-refractivity contribution in [1.29, 1.82) is 0 Å². The van der Waals surface area contributed by atoms with Gasteiger partial charge in [0.05, 0.1) is 5.48 Å². The summed E-state index contributed by atoms with van der Waals surface area (Å²) >= 11 is 0. The Hall–Kier alpha value is -1.38. The number of hydrogen-bond acceptors (Lipinski definition) is 1. The maximum atomic E-state index is 13.1. The Balaban J connectivity index is 2.89. The molecule has 0 saturated heterocycles. The Kier molecular flexibility index (Phi) is 0.932.